The van der Waals surface area contributed by atoms with Crippen molar-refractivity contribution in [2.45, 2.75) is 47.6 Å². The molecule has 2 unspecified atom stereocenters. The van der Waals surface area contributed by atoms with E-state index < -0.39 is 0 Å². The van der Waals surface area contributed by atoms with E-state index in [4.69, 9.17) is 0 Å². The molecule has 1 rings (SSSR count). The van der Waals surface area contributed by atoms with Gasteiger partial charge in [0, 0.05) is 25.4 Å². The van der Waals surface area contributed by atoms with Gasteiger partial charge in [0.1, 0.15) is 5.82 Å². The van der Waals surface area contributed by atoms with Gasteiger partial charge in [-0.2, -0.15) is 0 Å². The van der Waals surface area contributed by atoms with Gasteiger partial charge in [0.2, 0.25) is 0 Å². The Balaban J connectivity index is 2.37. The maximum absolute atomic E-state index is 4.46. The average Bonchev–Trinajstić information content (AvgIpc) is 2.75. The van der Waals surface area contributed by atoms with Crippen molar-refractivity contribution in [2.75, 3.05) is 13.1 Å². The van der Waals surface area contributed by atoms with E-state index in [1.807, 2.05) is 6.20 Å². The molecule has 0 aliphatic rings. The molecule has 1 N–H and O–H groups in total. The number of nitrogens with one attached hydrogen (secondary N) is 1. The first-order chi connectivity index (χ1) is 8.54. The zero-order chi connectivity index (χ0) is 13.5. The SMILES string of the molecule is CCn1ccnc1CC(C)C(C)CNCC(C)C. The Labute approximate surface area is 112 Å². The fraction of sp³-hybridized carbons (Fsp3) is 0.800. The minimum atomic E-state index is 0.664. The molecule has 2 atom stereocenters. The third kappa shape index (κ3) is 4.81. The summed E-state index contributed by atoms with van der Waals surface area (Å²) >= 11 is 0. The van der Waals surface area contributed by atoms with Crippen molar-refractivity contribution in [1.29, 1.82) is 0 Å². The van der Waals surface area contributed by atoms with Crippen molar-refractivity contribution in [2.24, 2.45) is 17.8 Å². The normalized spacial score (nSPS) is 15.0. The molecule has 0 bridgehead atoms. The molecule has 0 aromatic carbocycles. The molecule has 3 nitrogen and oxygen atoms in total. The predicted octanol–water partition coefficient (Wildman–Crippen LogP) is 2.96. The van der Waals surface area contributed by atoms with Crippen LogP contribution in [0.1, 0.15) is 40.4 Å². The summed E-state index contributed by atoms with van der Waals surface area (Å²) < 4.78 is 2.24. The van der Waals surface area contributed by atoms with Crippen LogP contribution in [-0.4, -0.2) is 22.6 Å². The standard InChI is InChI=1S/C15H29N3/c1-6-18-8-7-17-15(18)9-13(4)14(5)11-16-10-12(2)3/h7-8,12-14,16H,6,9-11H2,1-5H3. The average molecular weight is 251 g/mol. The Kier molecular flexibility index (Phi) is 6.41. The minimum Gasteiger partial charge on any atom is -0.335 e. The highest BCUT2D eigenvalue weighted by atomic mass is 15.0. The molecular formula is C15H29N3. The largest absolute Gasteiger partial charge is 0.335 e. The second kappa shape index (κ2) is 7.57. The molecule has 0 saturated heterocycles. The van der Waals surface area contributed by atoms with Crippen molar-refractivity contribution in [3.05, 3.63) is 18.2 Å². The molecule has 104 valence electrons. The summed E-state index contributed by atoms with van der Waals surface area (Å²) in [6, 6.07) is 0. The Hall–Kier alpha value is -0.830. The van der Waals surface area contributed by atoms with Crippen LogP contribution in [0.25, 0.3) is 0 Å². The molecule has 1 aromatic rings. The number of hydrogen-bond donors (Lipinski definition) is 1. The number of rotatable bonds is 8. The first-order valence-electron chi connectivity index (χ1n) is 7.25. The summed E-state index contributed by atoms with van der Waals surface area (Å²) in [5.74, 6) is 3.30. The lowest BCUT2D eigenvalue weighted by Gasteiger charge is -2.21. The molecule has 0 spiro atoms. The van der Waals surface area contributed by atoms with E-state index in [9.17, 15) is 0 Å². The van der Waals surface area contributed by atoms with Gasteiger partial charge >= 0.3 is 0 Å². The minimum absolute atomic E-state index is 0.664. The molecule has 0 saturated carbocycles. The van der Waals surface area contributed by atoms with Crippen LogP contribution in [0.2, 0.25) is 0 Å². The third-order valence-electron chi connectivity index (χ3n) is 3.64. The molecule has 1 heterocycles. The molecule has 0 aliphatic heterocycles. The van der Waals surface area contributed by atoms with Gasteiger partial charge in [-0.15, -0.1) is 0 Å². The summed E-state index contributed by atoms with van der Waals surface area (Å²) in [4.78, 5) is 4.46. The van der Waals surface area contributed by atoms with Crippen LogP contribution in [0, 0.1) is 17.8 Å². The zero-order valence-corrected chi connectivity index (χ0v) is 12.6. The lowest BCUT2D eigenvalue weighted by atomic mass is 9.92. The van der Waals surface area contributed by atoms with Crippen LogP contribution in [0.3, 0.4) is 0 Å². The van der Waals surface area contributed by atoms with Crippen LogP contribution >= 0.6 is 0 Å². The molecule has 0 amide bonds. The molecule has 1 aromatic heterocycles. The summed E-state index contributed by atoms with van der Waals surface area (Å²) in [5.41, 5.74) is 0. The van der Waals surface area contributed by atoms with Crippen LogP contribution in [0.15, 0.2) is 12.4 Å². The summed E-state index contributed by atoms with van der Waals surface area (Å²) in [6.45, 7) is 14.6. The number of hydrogen-bond acceptors (Lipinski definition) is 2. The van der Waals surface area contributed by atoms with Gasteiger partial charge in [-0.05, 0) is 37.8 Å². The Bertz CT molecular complexity index is 330. The second-order valence-electron chi connectivity index (χ2n) is 5.84. The highest BCUT2D eigenvalue weighted by Gasteiger charge is 2.15. The predicted molar refractivity (Wildman–Crippen MR) is 77.6 cm³/mol. The van der Waals surface area contributed by atoms with Crippen LogP contribution in [-0.2, 0) is 13.0 Å². The quantitative estimate of drug-likeness (QED) is 0.770. The van der Waals surface area contributed by atoms with Gasteiger partial charge in [0.15, 0.2) is 0 Å². The first kappa shape index (κ1) is 15.2. The number of nitrogens with zero attached hydrogens (tertiary/aromatic N) is 2. The van der Waals surface area contributed by atoms with Crippen molar-refractivity contribution in [3.8, 4) is 0 Å². The highest BCUT2D eigenvalue weighted by molar-refractivity contribution is 4.94. The highest BCUT2D eigenvalue weighted by Crippen LogP contribution is 2.15. The van der Waals surface area contributed by atoms with Crippen molar-refractivity contribution >= 4 is 0 Å². The number of aryl methyl sites for hydroxylation is 1. The van der Waals surface area contributed by atoms with E-state index in [0.29, 0.717) is 11.8 Å². The topological polar surface area (TPSA) is 29.9 Å². The lowest BCUT2D eigenvalue weighted by Crippen LogP contribution is -2.29. The van der Waals surface area contributed by atoms with Gasteiger partial charge < -0.3 is 9.88 Å². The van der Waals surface area contributed by atoms with Gasteiger partial charge in [0.05, 0.1) is 0 Å². The van der Waals surface area contributed by atoms with Crippen molar-refractivity contribution < 1.29 is 0 Å². The van der Waals surface area contributed by atoms with E-state index in [0.717, 1.165) is 32.0 Å². The smallest absolute Gasteiger partial charge is 0.108 e. The van der Waals surface area contributed by atoms with E-state index in [1.165, 1.54) is 5.82 Å². The Morgan fingerprint density at radius 2 is 1.89 bits per heavy atom. The van der Waals surface area contributed by atoms with Crippen LogP contribution in [0.4, 0.5) is 0 Å². The Morgan fingerprint density at radius 1 is 1.17 bits per heavy atom. The van der Waals surface area contributed by atoms with Crippen LogP contribution in [0.5, 0.6) is 0 Å². The summed E-state index contributed by atoms with van der Waals surface area (Å²) in [5, 5.41) is 3.55. The molecule has 0 fully saturated rings. The monoisotopic (exact) mass is 251 g/mol. The van der Waals surface area contributed by atoms with Gasteiger partial charge in [-0.25, -0.2) is 4.98 Å². The lowest BCUT2D eigenvalue weighted by molar-refractivity contribution is 0.349. The van der Waals surface area contributed by atoms with E-state index in [1.54, 1.807) is 0 Å². The molecule has 18 heavy (non-hydrogen) atoms. The fourth-order valence-electron chi connectivity index (χ4n) is 2.11. The molecule has 3 heteroatoms. The third-order valence-corrected chi connectivity index (χ3v) is 3.64. The molecule has 0 aliphatic carbocycles. The zero-order valence-electron chi connectivity index (χ0n) is 12.6. The molecule has 0 radical (unpaired) electrons. The fourth-order valence-corrected chi connectivity index (χ4v) is 2.11. The second-order valence-corrected chi connectivity index (χ2v) is 5.84. The van der Waals surface area contributed by atoms with E-state index >= 15 is 0 Å². The van der Waals surface area contributed by atoms with Gasteiger partial charge in [0.25, 0.3) is 0 Å². The van der Waals surface area contributed by atoms with Gasteiger partial charge in [-0.3, -0.25) is 0 Å². The van der Waals surface area contributed by atoms with Crippen molar-refractivity contribution in [3.63, 3.8) is 0 Å². The van der Waals surface area contributed by atoms with E-state index in [-0.39, 0.29) is 0 Å². The maximum atomic E-state index is 4.46. The first-order valence-corrected chi connectivity index (χ1v) is 7.25. The van der Waals surface area contributed by atoms with Gasteiger partial charge in [-0.1, -0.05) is 27.7 Å². The maximum Gasteiger partial charge on any atom is 0.108 e. The summed E-state index contributed by atoms with van der Waals surface area (Å²) in [7, 11) is 0. The Morgan fingerprint density at radius 3 is 2.50 bits per heavy atom. The van der Waals surface area contributed by atoms with Crippen molar-refractivity contribution in [1.82, 2.24) is 14.9 Å². The summed E-state index contributed by atoms with van der Waals surface area (Å²) in [6.07, 6.45) is 5.06. The number of imidazole rings is 1. The van der Waals surface area contributed by atoms with Crippen LogP contribution < -0.4 is 5.32 Å². The number of aromatic nitrogens is 2. The molecular weight excluding hydrogens is 222 g/mol. The van der Waals surface area contributed by atoms with E-state index in [2.05, 4.69) is 55.7 Å².